The summed E-state index contributed by atoms with van der Waals surface area (Å²) in [6.45, 7) is 5.74. The summed E-state index contributed by atoms with van der Waals surface area (Å²) < 4.78 is 26.4. The highest BCUT2D eigenvalue weighted by molar-refractivity contribution is 9.10. The van der Waals surface area contributed by atoms with Crippen molar-refractivity contribution in [3.63, 3.8) is 0 Å². The van der Waals surface area contributed by atoms with Crippen LogP contribution in [0.4, 0.5) is 4.39 Å². The number of ether oxygens (including phenoxy) is 2. The van der Waals surface area contributed by atoms with E-state index in [1.54, 1.807) is 18.2 Å². The second kappa shape index (κ2) is 11.3. The van der Waals surface area contributed by atoms with Gasteiger partial charge in [-0.25, -0.2) is 4.39 Å². The van der Waals surface area contributed by atoms with E-state index in [4.69, 9.17) is 9.47 Å². The molecule has 3 rings (SSSR count). The molecular formula is C23H28BrFN2O3. The minimum atomic E-state index is -0.286. The molecule has 1 amide bonds. The molecule has 162 valence electrons. The van der Waals surface area contributed by atoms with Crippen LogP contribution in [0.15, 0.2) is 40.9 Å². The molecule has 0 saturated carbocycles. The number of nitrogens with one attached hydrogen (secondary N) is 1. The molecule has 1 heterocycles. The Morgan fingerprint density at radius 1 is 1.17 bits per heavy atom. The predicted molar refractivity (Wildman–Crippen MR) is 118 cm³/mol. The minimum absolute atomic E-state index is 0.131. The fourth-order valence-electron chi connectivity index (χ4n) is 3.42. The van der Waals surface area contributed by atoms with Crippen LogP contribution in [-0.2, 0) is 17.9 Å². The molecule has 1 aliphatic rings. The van der Waals surface area contributed by atoms with Crippen LogP contribution < -0.4 is 14.8 Å². The summed E-state index contributed by atoms with van der Waals surface area (Å²) in [6.07, 6.45) is 2.59. The Morgan fingerprint density at radius 2 is 1.97 bits per heavy atom. The number of likely N-dealkylation sites (tertiary alicyclic amines) is 1. The first-order valence-electron chi connectivity index (χ1n) is 10.4. The molecule has 2 aromatic rings. The minimum Gasteiger partial charge on any atom is -0.490 e. The van der Waals surface area contributed by atoms with Gasteiger partial charge >= 0.3 is 0 Å². The molecule has 0 unspecified atom stereocenters. The maximum Gasteiger partial charge on any atom is 0.222 e. The van der Waals surface area contributed by atoms with Gasteiger partial charge < -0.3 is 19.7 Å². The fourth-order valence-corrected chi connectivity index (χ4v) is 3.89. The first kappa shape index (κ1) is 22.6. The third-order valence-corrected chi connectivity index (χ3v) is 5.76. The molecule has 0 aromatic heterocycles. The number of nitrogens with zero attached hydrogens (tertiary/aromatic N) is 1. The van der Waals surface area contributed by atoms with Crippen molar-refractivity contribution in [3.05, 3.63) is 57.8 Å². The van der Waals surface area contributed by atoms with Gasteiger partial charge in [0, 0.05) is 36.1 Å². The topological polar surface area (TPSA) is 50.8 Å². The van der Waals surface area contributed by atoms with E-state index in [0.29, 0.717) is 36.6 Å². The summed E-state index contributed by atoms with van der Waals surface area (Å²) in [7, 11) is 0. The van der Waals surface area contributed by atoms with Gasteiger partial charge in [-0.3, -0.25) is 4.79 Å². The molecule has 0 radical (unpaired) electrons. The van der Waals surface area contributed by atoms with Crippen LogP contribution in [0.3, 0.4) is 0 Å². The van der Waals surface area contributed by atoms with Crippen LogP contribution in [-0.4, -0.2) is 37.0 Å². The first-order valence-corrected chi connectivity index (χ1v) is 11.2. The Kier molecular flexibility index (Phi) is 8.51. The van der Waals surface area contributed by atoms with Gasteiger partial charge in [0.2, 0.25) is 5.91 Å². The average Bonchev–Trinajstić information content (AvgIpc) is 3.14. The van der Waals surface area contributed by atoms with Gasteiger partial charge in [-0.15, -0.1) is 0 Å². The quantitative estimate of drug-likeness (QED) is 0.476. The number of halogens is 2. The summed E-state index contributed by atoms with van der Waals surface area (Å²) in [4.78, 5) is 13.6. The zero-order valence-electron chi connectivity index (χ0n) is 17.3. The van der Waals surface area contributed by atoms with Gasteiger partial charge in [0.05, 0.1) is 6.61 Å². The van der Waals surface area contributed by atoms with E-state index in [-0.39, 0.29) is 18.3 Å². The third-order valence-electron chi connectivity index (χ3n) is 5.02. The van der Waals surface area contributed by atoms with E-state index in [1.165, 1.54) is 6.07 Å². The van der Waals surface area contributed by atoms with Crippen molar-refractivity contribution in [2.75, 3.05) is 26.2 Å². The maximum absolute atomic E-state index is 13.9. The van der Waals surface area contributed by atoms with E-state index in [9.17, 15) is 9.18 Å². The summed E-state index contributed by atoms with van der Waals surface area (Å²) in [5.41, 5.74) is 1.55. The number of benzene rings is 2. The highest BCUT2D eigenvalue weighted by atomic mass is 79.9. The molecule has 2 aromatic carbocycles. The second-order valence-corrected chi connectivity index (χ2v) is 8.07. The first-order chi connectivity index (χ1) is 14.6. The molecular weight excluding hydrogens is 451 g/mol. The highest BCUT2D eigenvalue weighted by Crippen LogP contribution is 2.34. The molecule has 30 heavy (non-hydrogen) atoms. The summed E-state index contributed by atoms with van der Waals surface area (Å²) in [5, 5.41) is 3.42. The SMILES string of the molecule is CCOc1cc(CNCCCN2CCCC2=O)c(Br)cc1OCc1ccccc1F. The molecule has 7 heteroatoms. The molecule has 5 nitrogen and oxygen atoms in total. The number of rotatable bonds is 11. The molecule has 1 saturated heterocycles. The van der Waals surface area contributed by atoms with Crippen LogP contribution in [0.25, 0.3) is 0 Å². The van der Waals surface area contributed by atoms with Crippen molar-refractivity contribution in [2.24, 2.45) is 0 Å². The standard InChI is InChI=1S/C23H28BrFN2O3/c1-2-29-21-13-18(15-26-10-6-12-27-11-5-9-23(27)28)19(24)14-22(21)30-16-17-7-3-4-8-20(17)25/h3-4,7-8,13-14,26H,2,5-6,9-12,15-16H2,1H3. The van der Waals surface area contributed by atoms with Gasteiger partial charge in [-0.1, -0.05) is 34.1 Å². The summed E-state index contributed by atoms with van der Waals surface area (Å²) in [5.74, 6) is 1.19. The number of carbonyl (C=O) groups is 1. The lowest BCUT2D eigenvalue weighted by molar-refractivity contribution is -0.127. The van der Waals surface area contributed by atoms with Gasteiger partial charge in [-0.2, -0.15) is 0 Å². The molecule has 1 N–H and O–H groups in total. The predicted octanol–water partition coefficient (Wildman–Crippen LogP) is 4.67. The Morgan fingerprint density at radius 3 is 2.70 bits per heavy atom. The molecule has 0 atom stereocenters. The Hall–Kier alpha value is -2.12. The van der Waals surface area contributed by atoms with E-state index < -0.39 is 0 Å². The third kappa shape index (κ3) is 6.19. The van der Waals surface area contributed by atoms with Crippen molar-refractivity contribution in [3.8, 4) is 11.5 Å². The fraction of sp³-hybridized carbons (Fsp3) is 0.435. The molecule has 0 spiro atoms. The Balaban J connectivity index is 1.55. The van der Waals surface area contributed by atoms with Crippen molar-refractivity contribution >= 4 is 21.8 Å². The smallest absolute Gasteiger partial charge is 0.222 e. The lowest BCUT2D eigenvalue weighted by atomic mass is 10.2. The van der Waals surface area contributed by atoms with Crippen molar-refractivity contribution in [2.45, 2.75) is 39.3 Å². The summed E-state index contributed by atoms with van der Waals surface area (Å²) >= 11 is 3.60. The van der Waals surface area contributed by atoms with E-state index >= 15 is 0 Å². The number of carbonyl (C=O) groups excluding carboxylic acids is 1. The second-order valence-electron chi connectivity index (χ2n) is 7.22. The van der Waals surface area contributed by atoms with Gasteiger partial charge in [0.25, 0.3) is 0 Å². The van der Waals surface area contributed by atoms with Gasteiger partial charge in [-0.05, 0) is 50.1 Å². The number of hydrogen-bond donors (Lipinski definition) is 1. The van der Waals surface area contributed by atoms with Crippen LogP contribution >= 0.6 is 15.9 Å². The monoisotopic (exact) mass is 478 g/mol. The van der Waals surface area contributed by atoms with Crippen LogP contribution in [0.5, 0.6) is 11.5 Å². The molecule has 0 aliphatic carbocycles. The Labute approximate surface area is 185 Å². The molecule has 1 aliphatic heterocycles. The number of hydrogen-bond acceptors (Lipinski definition) is 4. The zero-order valence-corrected chi connectivity index (χ0v) is 18.8. The van der Waals surface area contributed by atoms with E-state index in [0.717, 1.165) is 42.5 Å². The van der Waals surface area contributed by atoms with Crippen LogP contribution in [0.1, 0.15) is 37.3 Å². The highest BCUT2D eigenvalue weighted by Gasteiger charge is 2.19. The van der Waals surface area contributed by atoms with Crippen LogP contribution in [0.2, 0.25) is 0 Å². The van der Waals surface area contributed by atoms with E-state index in [1.807, 2.05) is 24.0 Å². The maximum atomic E-state index is 13.9. The zero-order chi connectivity index (χ0) is 21.3. The average molecular weight is 479 g/mol. The van der Waals surface area contributed by atoms with Crippen molar-refractivity contribution in [1.82, 2.24) is 10.2 Å². The lowest BCUT2D eigenvalue weighted by Gasteiger charge is -2.17. The molecule has 0 bridgehead atoms. The van der Waals surface area contributed by atoms with Gasteiger partial charge in [0.1, 0.15) is 12.4 Å². The van der Waals surface area contributed by atoms with Crippen molar-refractivity contribution in [1.29, 1.82) is 0 Å². The summed E-state index contributed by atoms with van der Waals surface area (Å²) in [6, 6.07) is 10.4. The van der Waals surface area contributed by atoms with Crippen molar-refractivity contribution < 1.29 is 18.7 Å². The molecule has 1 fully saturated rings. The van der Waals surface area contributed by atoms with E-state index in [2.05, 4.69) is 21.2 Å². The van der Waals surface area contributed by atoms with Crippen LogP contribution in [0, 0.1) is 5.82 Å². The normalized spacial score (nSPS) is 13.7. The lowest BCUT2D eigenvalue weighted by Crippen LogP contribution is -2.28. The van der Waals surface area contributed by atoms with Gasteiger partial charge in [0.15, 0.2) is 11.5 Å². The largest absolute Gasteiger partial charge is 0.490 e. The number of amides is 1. The Bertz CT molecular complexity index is 862.